The summed E-state index contributed by atoms with van der Waals surface area (Å²) >= 11 is 0. The average molecular weight is 413 g/mol. The van der Waals surface area contributed by atoms with Gasteiger partial charge in [0.05, 0.1) is 5.71 Å². The minimum absolute atomic E-state index is 0.00437. The van der Waals surface area contributed by atoms with E-state index in [2.05, 4.69) is 46.8 Å². The van der Waals surface area contributed by atoms with Gasteiger partial charge in [-0.15, -0.1) is 0 Å². The molecule has 0 heterocycles. The summed E-state index contributed by atoms with van der Waals surface area (Å²) in [4.78, 5) is 27.3. The van der Waals surface area contributed by atoms with Gasteiger partial charge in [0.15, 0.2) is 5.78 Å². The molecule has 3 fully saturated rings. The third-order valence-corrected chi connectivity index (χ3v) is 10.1. The Kier molecular flexibility index (Phi) is 5.51. The number of hydrogen-bond donors (Lipinski definition) is 1. The lowest BCUT2D eigenvalue weighted by Gasteiger charge is -2.58. The van der Waals surface area contributed by atoms with Crippen LogP contribution in [0.25, 0.3) is 0 Å². The van der Waals surface area contributed by atoms with Gasteiger partial charge in [-0.1, -0.05) is 32.9 Å². The van der Waals surface area contributed by atoms with E-state index >= 15 is 0 Å². The molecule has 4 nitrogen and oxygen atoms in total. The quantitative estimate of drug-likeness (QED) is 0.651. The smallest absolute Gasteiger partial charge is 0.225 e. The van der Waals surface area contributed by atoms with E-state index in [9.17, 15) is 9.59 Å². The maximum absolute atomic E-state index is 13.2. The van der Waals surface area contributed by atoms with Crippen molar-refractivity contribution in [1.29, 1.82) is 5.41 Å². The molecule has 4 aliphatic carbocycles. The number of carbonyl (C=O) groups excluding carboxylic acids is 2. The molecule has 1 N–H and O–H groups in total. The molecule has 0 radical (unpaired) electrons. The number of hydrogen-bond acceptors (Lipinski definition) is 3. The summed E-state index contributed by atoms with van der Waals surface area (Å²) in [5.41, 5.74) is 0.607. The summed E-state index contributed by atoms with van der Waals surface area (Å²) in [6, 6.07) is 0. The van der Waals surface area contributed by atoms with E-state index in [1.165, 1.54) is 19.3 Å². The molecule has 0 aromatic rings. The topological polar surface area (TPSA) is 61.2 Å². The minimum Gasteiger partial charge on any atom is -0.343 e. The summed E-state index contributed by atoms with van der Waals surface area (Å²) in [5.74, 6) is 2.65. The maximum Gasteiger partial charge on any atom is 0.225 e. The van der Waals surface area contributed by atoms with Gasteiger partial charge in [0.2, 0.25) is 5.91 Å². The summed E-state index contributed by atoms with van der Waals surface area (Å²) in [6.07, 6.45) is 10.8. The van der Waals surface area contributed by atoms with Crippen LogP contribution < -0.4 is 0 Å². The molecule has 8 atom stereocenters. The Morgan fingerprint density at radius 1 is 1.10 bits per heavy atom. The number of nitrogens with zero attached hydrogens (tertiary/aromatic N) is 1. The fourth-order valence-electron chi connectivity index (χ4n) is 8.24. The lowest BCUT2D eigenvalue weighted by atomic mass is 9.46. The zero-order valence-electron chi connectivity index (χ0n) is 19.5. The molecule has 30 heavy (non-hydrogen) atoms. The van der Waals surface area contributed by atoms with Gasteiger partial charge < -0.3 is 10.3 Å². The van der Waals surface area contributed by atoms with E-state index in [1.807, 2.05) is 4.90 Å². The largest absolute Gasteiger partial charge is 0.343 e. The minimum atomic E-state index is 0.00437. The van der Waals surface area contributed by atoms with Crippen molar-refractivity contribution < 1.29 is 9.59 Å². The first kappa shape index (κ1) is 21.8. The number of amides is 1. The summed E-state index contributed by atoms with van der Waals surface area (Å²) in [7, 11) is 0. The Balaban J connectivity index is 1.60. The molecule has 4 rings (SSSR count). The standard InChI is InChI=1S/C26H40N2O2/c1-6-28(7-2)24(30)16(3)18-10-11-19-17-8-9-21-23(27)22(29)13-15-26(21,5)20(17)12-14-25(18,19)4/h8-9,16-21,27H,6-7,10-15H2,1-5H3/t16-,17-,18+,19-,20-,21?,25+,26+/m0/s1. The van der Waals surface area contributed by atoms with Crippen molar-refractivity contribution >= 4 is 17.4 Å². The molecule has 4 aliphatic rings. The fraction of sp³-hybridized carbons (Fsp3) is 0.808. The van der Waals surface area contributed by atoms with Gasteiger partial charge in [-0.25, -0.2) is 0 Å². The number of carbonyl (C=O) groups is 2. The molecule has 0 saturated heterocycles. The number of ketones is 1. The number of allylic oxidation sites excluding steroid dienone is 2. The van der Waals surface area contributed by atoms with Crippen molar-refractivity contribution in [2.75, 3.05) is 13.1 Å². The van der Waals surface area contributed by atoms with Crippen molar-refractivity contribution in [3.8, 4) is 0 Å². The van der Waals surface area contributed by atoms with E-state index in [1.54, 1.807) is 0 Å². The first-order chi connectivity index (χ1) is 14.2. The molecular weight excluding hydrogens is 372 g/mol. The Morgan fingerprint density at radius 2 is 1.77 bits per heavy atom. The Labute approximate surface area is 182 Å². The molecule has 0 aliphatic heterocycles. The summed E-state index contributed by atoms with van der Waals surface area (Å²) in [5, 5.41) is 8.41. The first-order valence-corrected chi connectivity index (χ1v) is 12.3. The van der Waals surface area contributed by atoms with Gasteiger partial charge in [0.1, 0.15) is 0 Å². The van der Waals surface area contributed by atoms with Gasteiger partial charge in [0.25, 0.3) is 0 Å². The van der Waals surface area contributed by atoms with Crippen LogP contribution in [0.2, 0.25) is 0 Å². The van der Waals surface area contributed by atoms with Gasteiger partial charge in [-0.3, -0.25) is 9.59 Å². The van der Waals surface area contributed by atoms with Crippen molar-refractivity contribution in [2.24, 2.45) is 46.3 Å². The first-order valence-electron chi connectivity index (χ1n) is 12.3. The monoisotopic (exact) mass is 412 g/mol. The van der Waals surface area contributed by atoms with Crippen molar-refractivity contribution in [2.45, 2.75) is 73.1 Å². The van der Waals surface area contributed by atoms with Crippen LogP contribution in [0.15, 0.2) is 12.2 Å². The predicted octanol–water partition coefficient (Wildman–Crippen LogP) is 5.12. The summed E-state index contributed by atoms with van der Waals surface area (Å²) < 4.78 is 0. The van der Waals surface area contributed by atoms with Crippen molar-refractivity contribution in [1.82, 2.24) is 4.90 Å². The predicted molar refractivity (Wildman–Crippen MR) is 120 cm³/mol. The van der Waals surface area contributed by atoms with Crippen molar-refractivity contribution in [3.63, 3.8) is 0 Å². The SMILES string of the molecule is CCN(CC)C(=O)[C@@H](C)[C@H]1CC[C@H]2[C@@H]3C=CC4C(=N)C(=O)CC[C@]4(C)[C@H]3CC[C@]12C. The highest BCUT2D eigenvalue weighted by Crippen LogP contribution is 2.66. The lowest BCUT2D eigenvalue weighted by Crippen LogP contribution is -2.54. The lowest BCUT2D eigenvalue weighted by molar-refractivity contribution is -0.139. The number of fused-ring (bicyclic) bond motifs is 5. The highest BCUT2D eigenvalue weighted by molar-refractivity contribution is 6.40. The second-order valence-electron chi connectivity index (χ2n) is 11.0. The van der Waals surface area contributed by atoms with E-state index in [0.717, 1.165) is 25.9 Å². The molecule has 0 bridgehead atoms. The van der Waals surface area contributed by atoms with E-state index in [0.29, 0.717) is 41.7 Å². The van der Waals surface area contributed by atoms with Gasteiger partial charge in [0, 0.05) is 31.3 Å². The van der Waals surface area contributed by atoms with E-state index < -0.39 is 0 Å². The molecule has 1 amide bonds. The van der Waals surface area contributed by atoms with Crippen LogP contribution in [0.3, 0.4) is 0 Å². The Morgan fingerprint density at radius 3 is 2.43 bits per heavy atom. The van der Waals surface area contributed by atoms with Crippen LogP contribution in [0.1, 0.15) is 73.1 Å². The second-order valence-corrected chi connectivity index (χ2v) is 11.0. The molecule has 1 unspecified atom stereocenters. The van der Waals surface area contributed by atoms with Crippen LogP contribution in [0.5, 0.6) is 0 Å². The van der Waals surface area contributed by atoms with Gasteiger partial charge in [-0.05, 0) is 80.5 Å². The molecule has 0 aromatic carbocycles. The fourth-order valence-corrected chi connectivity index (χ4v) is 8.24. The zero-order chi connectivity index (χ0) is 21.8. The molecule has 0 spiro atoms. The number of rotatable bonds is 4. The van der Waals surface area contributed by atoms with Crippen molar-refractivity contribution in [3.05, 3.63) is 12.2 Å². The molecule has 0 aromatic heterocycles. The number of nitrogens with one attached hydrogen (secondary N) is 1. The normalized spacial score (nSPS) is 43.6. The second kappa shape index (κ2) is 7.60. The molecule has 4 heteroatoms. The van der Waals surface area contributed by atoms with Crippen LogP contribution in [0.4, 0.5) is 0 Å². The number of Topliss-reactive ketones (excluding diaryl/α,β-unsaturated/α-hetero) is 1. The van der Waals surface area contributed by atoms with Crippen LogP contribution in [-0.4, -0.2) is 35.4 Å². The molecule has 166 valence electrons. The van der Waals surface area contributed by atoms with Gasteiger partial charge >= 0.3 is 0 Å². The molecular formula is C26H40N2O2. The Hall–Kier alpha value is -1.45. The Bertz CT molecular complexity index is 769. The van der Waals surface area contributed by atoms with Gasteiger partial charge in [-0.2, -0.15) is 0 Å². The maximum atomic E-state index is 13.2. The van der Waals surface area contributed by atoms with Crippen LogP contribution in [0, 0.1) is 51.7 Å². The summed E-state index contributed by atoms with van der Waals surface area (Å²) in [6.45, 7) is 12.7. The zero-order valence-corrected chi connectivity index (χ0v) is 19.5. The van der Waals surface area contributed by atoms with Crippen LogP contribution in [-0.2, 0) is 9.59 Å². The van der Waals surface area contributed by atoms with Crippen LogP contribution >= 0.6 is 0 Å². The van der Waals surface area contributed by atoms with E-state index in [4.69, 9.17) is 5.41 Å². The van der Waals surface area contributed by atoms with E-state index in [-0.39, 0.29) is 28.4 Å². The highest BCUT2D eigenvalue weighted by atomic mass is 16.2. The third-order valence-electron chi connectivity index (χ3n) is 10.1. The molecule has 3 saturated carbocycles. The highest BCUT2D eigenvalue weighted by Gasteiger charge is 2.60. The average Bonchev–Trinajstić information content (AvgIpc) is 3.08. The third kappa shape index (κ3) is 2.96.